The van der Waals surface area contributed by atoms with Crippen LogP contribution >= 0.6 is 11.6 Å². The van der Waals surface area contributed by atoms with E-state index < -0.39 is 0 Å². The van der Waals surface area contributed by atoms with Gasteiger partial charge in [-0.05, 0) is 0 Å². The van der Waals surface area contributed by atoms with Crippen LogP contribution in [0.2, 0.25) is 0 Å². The number of aliphatic hydroxyl groups excluding tert-OH is 1. The molecule has 28 valence electrons. The molecule has 0 spiro atoms. The van der Waals surface area contributed by atoms with Crippen molar-refractivity contribution >= 4 is 11.6 Å². The van der Waals surface area contributed by atoms with E-state index in [0.29, 0.717) is 0 Å². The second-order valence-electron chi connectivity index (χ2n) is 0.120. The van der Waals surface area contributed by atoms with Crippen molar-refractivity contribution in [3.63, 3.8) is 0 Å². The van der Waals surface area contributed by atoms with Gasteiger partial charge in [0.05, 0.1) is 0 Å². The van der Waals surface area contributed by atoms with Crippen LogP contribution in [0.1, 0.15) is 0 Å². The van der Waals surface area contributed by atoms with E-state index in [4.69, 9.17) is 5.11 Å². The van der Waals surface area contributed by atoms with Crippen LogP contribution in [0.5, 0.6) is 0 Å². The summed E-state index contributed by atoms with van der Waals surface area (Å²) in [7, 11) is 0. The molecule has 0 unspecified atom stereocenters. The van der Waals surface area contributed by atoms with E-state index >= 15 is 0 Å². The second-order valence-corrected chi connectivity index (χ2v) is 0.359. The second kappa shape index (κ2) is 10.7. The lowest BCUT2D eigenvalue weighted by Crippen LogP contribution is -1.49. The molecule has 0 heterocycles. The van der Waals surface area contributed by atoms with E-state index in [2.05, 4.69) is 11.6 Å². The lowest BCUT2D eigenvalue weighted by atomic mass is 11.7. The molecule has 3 N–H and O–H groups in total. The van der Waals surface area contributed by atoms with Crippen LogP contribution in [0.25, 0.3) is 0 Å². The summed E-state index contributed by atoms with van der Waals surface area (Å²) in [5.41, 5.74) is 0. The highest BCUT2D eigenvalue weighted by molar-refractivity contribution is 6.16. The third-order valence-corrected chi connectivity index (χ3v) is 0. The Morgan fingerprint density at radius 2 is 1.75 bits per heavy atom. The number of alkyl halides is 1. The Morgan fingerprint density at radius 3 is 1.75 bits per heavy atom. The number of aliphatic hydroxyl groups is 1. The van der Waals surface area contributed by atoms with Gasteiger partial charge in [0.25, 0.3) is 0 Å². The van der Waals surface area contributed by atoms with Crippen LogP contribution in [0.4, 0.5) is 0 Å². The normalized spacial score (nSPS) is 4.50. The zero-order valence-corrected chi connectivity index (χ0v) is 2.79. The highest BCUT2D eigenvalue weighted by Gasteiger charge is 1.37. The van der Waals surface area contributed by atoms with Crippen LogP contribution in [-0.4, -0.2) is 16.6 Å². The number of hydrogen-bond donors (Lipinski definition) is 1. The van der Waals surface area contributed by atoms with E-state index in [1.807, 2.05) is 0 Å². The van der Waals surface area contributed by atoms with Crippen molar-refractivity contribution in [1.82, 2.24) is 0 Å². The van der Waals surface area contributed by atoms with Gasteiger partial charge in [-0.15, -0.1) is 0 Å². The van der Waals surface area contributed by atoms with Gasteiger partial charge in [0.1, 0.15) is 6.07 Å². The standard InChI is InChI=1S/CH3ClO.H2O/c2-1-3;/h3H,1H2;1H2. The third-order valence-electron chi connectivity index (χ3n) is 0. The molecule has 0 aliphatic rings. The largest absolute Gasteiger partial charge is 0.412 e. The molecule has 0 aromatic heterocycles. The van der Waals surface area contributed by atoms with Crippen molar-refractivity contribution in [3.8, 4) is 0 Å². The minimum absolute atomic E-state index is 0. The molecule has 0 amide bonds. The molecular weight excluding hydrogens is 79.5 g/mol. The zero-order chi connectivity index (χ0) is 2.71. The van der Waals surface area contributed by atoms with Crippen molar-refractivity contribution in [1.29, 1.82) is 0 Å². The van der Waals surface area contributed by atoms with Crippen molar-refractivity contribution in [2.45, 2.75) is 0 Å². The van der Waals surface area contributed by atoms with Gasteiger partial charge < -0.3 is 10.6 Å². The van der Waals surface area contributed by atoms with Crippen LogP contribution in [0.3, 0.4) is 0 Å². The molecule has 0 aromatic rings. The van der Waals surface area contributed by atoms with Crippen LogP contribution < -0.4 is 0 Å². The lowest BCUT2D eigenvalue weighted by molar-refractivity contribution is 0.370. The maximum atomic E-state index is 7.33. The molecule has 0 saturated heterocycles. The Labute approximate surface area is 29.3 Å². The van der Waals surface area contributed by atoms with Gasteiger partial charge in [0, 0.05) is 0 Å². The molecule has 0 aromatic carbocycles. The Balaban J connectivity index is 0. The highest BCUT2D eigenvalue weighted by atomic mass is 35.5. The minimum atomic E-state index is -0.278. The molecule has 0 aliphatic heterocycles. The number of halogens is 1. The third kappa shape index (κ3) is 73.4. The summed E-state index contributed by atoms with van der Waals surface area (Å²) in [6, 6.07) is -0.278. The highest BCUT2D eigenvalue weighted by Crippen LogP contribution is 1.53. The van der Waals surface area contributed by atoms with Gasteiger partial charge in [-0.2, -0.15) is 0 Å². The molecule has 0 aliphatic carbocycles. The maximum absolute atomic E-state index is 7.33. The molecule has 0 fully saturated rings. The Bertz CT molecular complexity index is 6.00. The zero-order valence-electron chi connectivity index (χ0n) is 2.03. The number of hydrogen-bond acceptors (Lipinski definition) is 1. The van der Waals surface area contributed by atoms with Gasteiger partial charge >= 0.3 is 0 Å². The molecular formula is CH5ClO2. The summed E-state index contributed by atoms with van der Waals surface area (Å²) in [5.74, 6) is 0. The van der Waals surface area contributed by atoms with Crippen molar-refractivity contribution < 1.29 is 10.6 Å². The molecule has 0 radical (unpaired) electrons. The summed E-state index contributed by atoms with van der Waals surface area (Å²) >= 11 is 4.55. The van der Waals surface area contributed by atoms with Gasteiger partial charge in [-0.1, -0.05) is 11.6 Å². The maximum Gasteiger partial charge on any atom is 0.117 e. The Kier molecular flexibility index (Phi) is 23.8. The van der Waals surface area contributed by atoms with E-state index in [1.54, 1.807) is 0 Å². The van der Waals surface area contributed by atoms with Crippen molar-refractivity contribution in [3.05, 3.63) is 0 Å². The summed E-state index contributed by atoms with van der Waals surface area (Å²) in [6.07, 6.45) is 0. The van der Waals surface area contributed by atoms with Crippen molar-refractivity contribution in [2.24, 2.45) is 0 Å². The van der Waals surface area contributed by atoms with Crippen LogP contribution in [0.15, 0.2) is 0 Å². The van der Waals surface area contributed by atoms with Gasteiger partial charge in [-0.25, -0.2) is 0 Å². The predicted molar refractivity (Wildman–Crippen MR) is 16.6 cm³/mol. The minimum Gasteiger partial charge on any atom is -0.412 e. The average molecular weight is 84.5 g/mol. The molecule has 3 heteroatoms. The first-order valence-electron chi connectivity index (χ1n) is 0.583. The first kappa shape index (κ1) is 8.88. The summed E-state index contributed by atoms with van der Waals surface area (Å²) in [6.45, 7) is 0. The van der Waals surface area contributed by atoms with Gasteiger partial charge in [0.15, 0.2) is 0 Å². The SMILES string of the molecule is O.OCCl. The van der Waals surface area contributed by atoms with E-state index in [9.17, 15) is 0 Å². The first-order valence-corrected chi connectivity index (χ1v) is 1.12. The predicted octanol–water partition coefficient (Wildman–Crippen LogP) is -0.650. The fourth-order valence-corrected chi connectivity index (χ4v) is 0. The Morgan fingerprint density at radius 1 is 1.75 bits per heavy atom. The molecule has 2 nitrogen and oxygen atoms in total. The van der Waals surface area contributed by atoms with Gasteiger partial charge in [-0.3, -0.25) is 0 Å². The number of rotatable bonds is 0. The summed E-state index contributed by atoms with van der Waals surface area (Å²) in [4.78, 5) is 0. The fraction of sp³-hybridized carbons (Fsp3) is 1.00. The lowest BCUT2D eigenvalue weighted by Gasteiger charge is -1.49. The summed E-state index contributed by atoms with van der Waals surface area (Å²) in [5, 5.41) is 7.33. The molecule has 4 heavy (non-hydrogen) atoms. The van der Waals surface area contributed by atoms with Crippen molar-refractivity contribution in [2.75, 3.05) is 6.07 Å². The molecule has 0 atom stereocenters. The quantitative estimate of drug-likeness (QED) is 0.390. The topological polar surface area (TPSA) is 51.7 Å². The smallest absolute Gasteiger partial charge is 0.117 e. The molecule has 0 saturated carbocycles. The Hall–Kier alpha value is 0.210. The van der Waals surface area contributed by atoms with E-state index in [0.717, 1.165) is 0 Å². The summed E-state index contributed by atoms with van der Waals surface area (Å²) < 4.78 is 0. The monoisotopic (exact) mass is 84.0 g/mol. The average Bonchev–Trinajstić information content (AvgIpc) is 0.918. The van der Waals surface area contributed by atoms with E-state index in [1.165, 1.54) is 0 Å². The van der Waals surface area contributed by atoms with E-state index in [-0.39, 0.29) is 11.5 Å². The molecule has 0 rings (SSSR count). The van der Waals surface area contributed by atoms with Crippen LogP contribution in [-0.2, 0) is 0 Å². The van der Waals surface area contributed by atoms with Crippen LogP contribution in [0, 0.1) is 0 Å². The molecule has 0 bridgehead atoms. The fourth-order valence-electron chi connectivity index (χ4n) is 0. The van der Waals surface area contributed by atoms with Gasteiger partial charge in [0.2, 0.25) is 0 Å². The first-order chi connectivity index (χ1) is 1.41.